The van der Waals surface area contributed by atoms with E-state index in [1.54, 1.807) is 0 Å². The van der Waals surface area contributed by atoms with Gasteiger partial charge in [-0.1, -0.05) is 6.07 Å². The van der Waals surface area contributed by atoms with Crippen molar-refractivity contribution >= 4 is 17.3 Å². The smallest absolute Gasteiger partial charge is 0.250 e. The summed E-state index contributed by atoms with van der Waals surface area (Å²) in [5, 5.41) is 9.54. The molecule has 18 heavy (non-hydrogen) atoms. The van der Waals surface area contributed by atoms with Crippen LogP contribution in [0.1, 0.15) is 6.42 Å². The van der Waals surface area contributed by atoms with Crippen molar-refractivity contribution in [1.29, 1.82) is 0 Å². The average Bonchev–Trinajstić information content (AvgIpc) is 2.82. The molecule has 5 nitrogen and oxygen atoms in total. The van der Waals surface area contributed by atoms with Gasteiger partial charge in [0.25, 0.3) is 0 Å². The third-order valence-electron chi connectivity index (χ3n) is 2.85. The number of anilines is 2. The Labute approximate surface area is 107 Å². The van der Waals surface area contributed by atoms with Crippen molar-refractivity contribution in [2.75, 3.05) is 37.4 Å². The topological polar surface area (TPSA) is 62.4 Å². The fourth-order valence-electron chi connectivity index (χ4n) is 2.03. The third-order valence-corrected chi connectivity index (χ3v) is 2.85. The van der Waals surface area contributed by atoms with E-state index >= 15 is 0 Å². The molecule has 1 fully saturated rings. The molecular formula is C13H19N3O2. The molecule has 1 amide bonds. The van der Waals surface area contributed by atoms with Gasteiger partial charge in [0.15, 0.2) is 0 Å². The lowest BCUT2D eigenvalue weighted by atomic mass is 10.2. The molecule has 1 saturated heterocycles. The molecule has 1 aromatic carbocycles. The Morgan fingerprint density at radius 1 is 1.50 bits per heavy atom. The molecule has 1 aliphatic rings. The summed E-state index contributed by atoms with van der Waals surface area (Å²) in [7, 11) is 1.50. The summed E-state index contributed by atoms with van der Waals surface area (Å²) in [6, 6.07) is 8.20. The predicted molar refractivity (Wildman–Crippen MR) is 71.8 cm³/mol. The van der Waals surface area contributed by atoms with Gasteiger partial charge in [-0.15, -0.1) is 0 Å². The first-order chi connectivity index (χ1) is 8.78. The van der Waals surface area contributed by atoms with E-state index in [1.807, 2.05) is 24.3 Å². The molecule has 0 aliphatic carbocycles. The van der Waals surface area contributed by atoms with Crippen molar-refractivity contribution in [2.45, 2.75) is 12.5 Å². The zero-order chi connectivity index (χ0) is 12.8. The van der Waals surface area contributed by atoms with E-state index in [0.29, 0.717) is 6.04 Å². The molecule has 0 saturated carbocycles. The van der Waals surface area contributed by atoms with E-state index in [9.17, 15) is 4.79 Å². The maximum atomic E-state index is 11.4. The van der Waals surface area contributed by atoms with Crippen LogP contribution in [0, 0.1) is 0 Å². The highest BCUT2D eigenvalue weighted by molar-refractivity contribution is 5.92. The van der Waals surface area contributed by atoms with E-state index in [-0.39, 0.29) is 12.5 Å². The Hall–Kier alpha value is -1.59. The van der Waals surface area contributed by atoms with Gasteiger partial charge in [-0.05, 0) is 31.2 Å². The molecule has 1 heterocycles. The first-order valence-electron chi connectivity index (χ1n) is 6.14. The maximum absolute atomic E-state index is 11.4. The van der Waals surface area contributed by atoms with Gasteiger partial charge < -0.3 is 20.7 Å². The van der Waals surface area contributed by atoms with E-state index < -0.39 is 0 Å². The van der Waals surface area contributed by atoms with Crippen LogP contribution in [0.5, 0.6) is 0 Å². The van der Waals surface area contributed by atoms with Crippen LogP contribution in [-0.4, -0.2) is 38.8 Å². The van der Waals surface area contributed by atoms with Gasteiger partial charge in [-0.2, -0.15) is 0 Å². The van der Waals surface area contributed by atoms with Crippen molar-refractivity contribution in [3.63, 3.8) is 0 Å². The van der Waals surface area contributed by atoms with Crippen LogP contribution in [-0.2, 0) is 9.53 Å². The van der Waals surface area contributed by atoms with Gasteiger partial charge in [-0.25, -0.2) is 0 Å². The Balaban J connectivity index is 1.93. The number of amides is 1. The van der Waals surface area contributed by atoms with Crippen molar-refractivity contribution in [3.8, 4) is 0 Å². The van der Waals surface area contributed by atoms with E-state index in [1.165, 1.54) is 7.11 Å². The molecule has 0 radical (unpaired) electrons. The number of ether oxygens (including phenoxy) is 1. The summed E-state index contributed by atoms with van der Waals surface area (Å²) >= 11 is 0. The summed E-state index contributed by atoms with van der Waals surface area (Å²) in [4.78, 5) is 11.4. The van der Waals surface area contributed by atoms with Gasteiger partial charge in [0.1, 0.15) is 6.61 Å². The number of methoxy groups -OCH3 is 1. The molecule has 98 valence electrons. The molecule has 1 aromatic rings. The largest absolute Gasteiger partial charge is 0.381 e. The zero-order valence-corrected chi connectivity index (χ0v) is 10.5. The highest BCUT2D eigenvalue weighted by Gasteiger charge is 2.13. The van der Waals surface area contributed by atoms with Gasteiger partial charge in [0, 0.05) is 31.1 Å². The van der Waals surface area contributed by atoms with E-state index in [4.69, 9.17) is 4.74 Å². The normalized spacial score (nSPS) is 18.6. The highest BCUT2D eigenvalue weighted by Crippen LogP contribution is 2.17. The van der Waals surface area contributed by atoms with Crippen molar-refractivity contribution in [2.24, 2.45) is 0 Å². The monoisotopic (exact) mass is 249 g/mol. The lowest BCUT2D eigenvalue weighted by molar-refractivity contribution is -0.119. The molecule has 1 aliphatic heterocycles. The lowest BCUT2D eigenvalue weighted by Gasteiger charge is -2.14. The van der Waals surface area contributed by atoms with Crippen LogP contribution in [0.2, 0.25) is 0 Å². The first-order valence-corrected chi connectivity index (χ1v) is 6.14. The van der Waals surface area contributed by atoms with Crippen molar-refractivity contribution < 1.29 is 9.53 Å². The summed E-state index contributed by atoms with van der Waals surface area (Å²) < 4.78 is 4.78. The lowest BCUT2D eigenvalue weighted by Crippen LogP contribution is -2.22. The maximum Gasteiger partial charge on any atom is 0.250 e. The third kappa shape index (κ3) is 3.72. The molecular weight excluding hydrogens is 230 g/mol. The van der Waals surface area contributed by atoms with Gasteiger partial charge in [0.05, 0.1) is 0 Å². The number of carbonyl (C=O) groups excluding carboxylic acids is 1. The summed E-state index contributed by atoms with van der Waals surface area (Å²) in [6.45, 7) is 2.12. The Morgan fingerprint density at radius 3 is 3.06 bits per heavy atom. The fourth-order valence-corrected chi connectivity index (χ4v) is 2.03. The molecule has 1 atom stereocenters. The minimum atomic E-state index is -0.141. The van der Waals surface area contributed by atoms with Crippen LogP contribution >= 0.6 is 0 Å². The van der Waals surface area contributed by atoms with Crippen molar-refractivity contribution in [1.82, 2.24) is 5.32 Å². The molecule has 0 aromatic heterocycles. The minimum Gasteiger partial charge on any atom is -0.381 e. The number of benzene rings is 1. The summed E-state index contributed by atoms with van der Waals surface area (Å²) in [6.07, 6.45) is 1.13. The second kappa shape index (κ2) is 6.37. The van der Waals surface area contributed by atoms with Crippen LogP contribution in [0.25, 0.3) is 0 Å². The van der Waals surface area contributed by atoms with Crippen LogP contribution < -0.4 is 16.0 Å². The second-order valence-corrected chi connectivity index (χ2v) is 4.40. The second-order valence-electron chi connectivity index (χ2n) is 4.40. The molecule has 3 N–H and O–H groups in total. The molecule has 5 heteroatoms. The SMILES string of the molecule is COCC(=O)Nc1cccc(NC2CCNC2)c1. The van der Waals surface area contributed by atoms with Crippen LogP contribution in [0.3, 0.4) is 0 Å². The molecule has 0 spiro atoms. The standard InChI is InChI=1S/C13H19N3O2/c1-18-9-13(17)16-11-4-2-3-10(7-11)15-12-5-6-14-8-12/h2-4,7,12,14-15H,5-6,8-9H2,1H3,(H,16,17). The Kier molecular flexibility index (Phi) is 4.55. The fraction of sp³-hybridized carbons (Fsp3) is 0.462. The first kappa shape index (κ1) is 12.9. The van der Waals surface area contributed by atoms with E-state index in [2.05, 4.69) is 16.0 Å². The number of nitrogens with one attached hydrogen (secondary N) is 3. The highest BCUT2D eigenvalue weighted by atomic mass is 16.5. The van der Waals surface area contributed by atoms with Gasteiger partial charge >= 0.3 is 0 Å². The quantitative estimate of drug-likeness (QED) is 0.730. The van der Waals surface area contributed by atoms with E-state index in [0.717, 1.165) is 30.9 Å². The predicted octanol–water partition coefficient (Wildman–Crippen LogP) is 1.05. The zero-order valence-electron chi connectivity index (χ0n) is 10.5. The minimum absolute atomic E-state index is 0.0736. The van der Waals surface area contributed by atoms with Crippen molar-refractivity contribution in [3.05, 3.63) is 24.3 Å². The number of carbonyl (C=O) groups is 1. The Morgan fingerprint density at radius 2 is 2.33 bits per heavy atom. The summed E-state index contributed by atoms with van der Waals surface area (Å²) in [5.74, 6) is -0.141. The Bertz CT molecular complexity index is 403. The molecule has 1 unspecified atom stereocenters. The van der Waals surface area contributed by atoms with Gasteiger partial charge in [0.2, 0.25) is 5.91 Å². The van der Waals surface area contributed by atoms with Gasteiger partial charge in [-0.3, -0.25) is 4.79 Å². The molecule has 2 rings (SSSR count). The average molecular weight is 249 g/mol. The number of hydrogen-bond donors (Lipinski definition) is 3. The van der Waals surface area contributed by atoms with Crippen LogP contribution in [0.15, 0.2) is 24.3 Å². The number of rotatable bonds is 5. The van der Waals surface area contributed by atoms with Crippen LogP contribution in [0.4, 0.5) is 11.4 Å². The number of hydrogen-bond acceptors (Lipinski definition) is 4. The summed E-state index contributed by atoms with van der Waals surface area (Å²) in [5.41, 5.74) is 1.81. The molecule has 0 bridgehead atoms.